The molecule has 1 aromatic rings. The molecule has 0 fully saturated rings. The zero-order chi connectivity index (χ0) is 8.27. The first-order valence-electron chi connectivity index (χ1n) is 2.39. The molecule has 0 bridgehead atoms. The van der Waals surface area contributed by atoms with E-state index in [-0.39, 0.29) is 5.72 Å². The molecule has 0 aliphatic heterocycles. The topological polar surface area (TPSA) is 121 Å². The lowest BCUT2D eigenvalue weighted by Gasteiger charge is -1.95. The van der Waals surface area contributed by atoms with Crippen LogP contribution in [0.3, 0.4) is 0 Å². The Kier molecular flexibility index (Phi) is 2.65. The molecule has 1 aromatic heterocycles. The average Bonchev–Trinajstić information content (AvgIpc) is 2.35. The first kappa shape index (κ1) is 8.26. The second-order valence-electron chi connectivity index (χ2n) is 1.44. The van der Waals surface area contributed by atoms with Crippen molar-refractivity contribution in [3.05, 3.63) is 0 Å². The fraction of sp³-hybridized carbons (Fsp3) is 0. The Balaban J connectivity index is 2.56. The summed E-state index contributed by atoms with van der Waals surface area (Å²) in [6.45, 7) is 0. The molecule has 0 aliphatic rings. The third-order valence-electron chi connectivity index (χ3n) is 0.756. The number of nitrogens with one attached hydrogen (secondary N) is 1. The fourth-order valence-corrected chi connectivity index (χ4v) is 0.637. The second-order valence-corrected chi connectivity index (χ2v) is 2.06. The van der Waals surface area contributed by atoms with Gasteiger partial charge in [-0.1, -0.05) is 5.21 Å². The molecule has 0 saturated heterocycles. The largest absolute Gasteiger partial charge is 0.550 e. The smallest absolute Gasteiger partial charge is 0.420 e. The van der Waals surface area contributed by atoms with Gasteiger partial charge in [-0.25, -0.2) is 0 Å². The van der Waals surface area contributed by atoms with E-state index >= 15 is 0 Å². The Morgan fingerprint density at radius 3 is 2.91 bits per heavy atom. The van der Waals surface area contributed by atoms with Crippen LogP contribution in [0.5, 0.6) is 0 Å². The Labute approximate surface area is 63.6 Å². The first-order valence-corrected chi connectivity index (χ1v) is 3.42. The summed E-state index contributed by atoms with van der Waals surface area (Å²) in [6, 6.07) is 0. The van der Waals surface area contributed by atoms with Crippen LogP contribution in [0, 0.1) is 0 Å². The van der Waals surface area contributed by atoms with E-state index in [1.807, 2.05) is 0 Å². The Hall–Kier alpha value is -0.835. The molecule has 1 heterocycles. The average molecular weight is 178 g/mol. The highest BCUT2D eigenvalue weighted by Crippen LogP contribution is 1.81. The zero-order valence-corrected chi connectivity index (χ0v) is 5.85. The van der Waals surface area contributed by atoms with Crippen LogP contribution in [0.15, 0.2) is 0 Å². The molecule has 8 nitrogen and oxygen atoms in total. The van der Waals surface area contributed by atoms with Gasteiger partial charge in [-0.2, -0.15) is 9.42 Å². The molecule has 0 saturated carbocycles. The molecular formula is CH3BN4O4S. The highest BCUT2D eigenvalue weighted by Gasteiger charge is 2.24. The number of rotatable bonds is 3. The van der Waals surface area contributed by atoms with Crippen LogP contribution >= 0.6 is 0 Å². The Morgan fingerprint density at radius 1 is 1.73 bits per heavy atom. The summed E-state index contributed by atoms with van der Waals surface area (Å²) in [5, 5.41) is 20.5. The molecular weight excluding hydrogens is 175 g/mol. The van der Waals surface area contributed by atoms with Crippen LogP contribution in [0.2, 0.25) is 0 Å². The summed E-state index contributed by atoms with van der Waals surface area (Å²) in [7, 11) is -1.64. The highest BCUT2D eigenvalue weighted by atomic mass is 32.2. The highest BCUT2D eigenvalue weighted by molar-refractivity contribution is 7.75. The molecule has 0 aliphatic carbocycles. The minimum absolute atomic E-state index is 0.201. The maximum Gasteiger partial charge on any atom is 0.550 e. The summed E-state index contributed by atoms with van der Waals surface area (Å²) in [4.78, 5) is 0. The first-order chi connectivity index (χ1) is 5.20. The summed E-state index contributed by atoms with van der Waals surface area (Å²) in [5.41, 5.74) is -0.201. The number of aromatic amines is 1. The molecule has 0 aromatic carbocycles. The predicted molar refractivity (Wildman–Crippen MR) is 33.6 cm³/mol. The van der Waals surface area contributed by atoms with Gasteiger partial charge in [-0.3, -0.25) is 8.65 Å². The third-order valence-corrected chi connectivity index (χ3v) is 1.10. The predicted octanol–water partition coefficient (Wildman–Crippen LogP) is -2.96. The van der Waals surface area contributed by atoms with Crippen LogP contribution in [-0.2, 0) is 15.5 Å². The van der Waals surface area contributed by atoms with E-state index < -0.39 is 18.5 Å². The number of tetrazole rings is 1. The van der Waals surface area contributed by atoms with Gasteiger partial charge in [-0.05, 0) is 0 Å². The van der Waals surface area contributed by atoms with Gasteiger partial charge in [-0.15, -0.1) is 10.2 Å². The fourth-order valence-electron chi connectivity index (χ4n) is 0.395. The third kappa shape index (κ3) is 2.34. The lowest BCUT2D eigenvalue weighted by molar-refractivity contribution is 0.402. The molecule has 0 spiro atoms. The van der Waals surface area contributed by atoms with Crippen LogP contribution in [0.1, 0.15) is 0 Å². The maximum atomic E-state index is 9.95. The van der Waals surface area contributed by atoms with E-state index in [1.54, 1.807) is 0 Å². The minimum Gasteiger partial charge on any atom is -0.420 e. The molecule has 1 atom stereocenters. The molecule has 0 amide bonds. The van der Waals surface area contributed by atoms with Crippen molar-refractivity contribution in [2.75, 3.05) is 0 Å². The molecule has 1 unspecified atom stereocenters. The summed E-state index contributed by atoms with van der Waals surface area (Å²) in [5.74, 6) is 0. The van der Waals surface area contributed by atoms with Gasteiger partial charge in [0.25, 0.3) is 11.4 Å². The number of hydrogen-bond acceptors (Lipinski definition) is 6. The van der Waals surface area contributed by atoms with Crippen molar-refractivity contribution in [1.82, 2.24) is 20.6 Å². The molecule has 10 heteroatoms. The van der Waals surface area contributed by atoms with Crippen molar-refractivity contribution in [3.63, 3.8) is 0 Å². The monoisotopic (exact) mass is 178 g/mol. The van der Waals surface area contributed by atoms with Crippen LogP contribution in [-0.4, -0.2) is 41.5 Å². The molecule has 1 rings (SSSR count). The molecule has 11 heavy (non-hydrogen) atoms. The van der Waals surface area contributed by atoms with Crippen LogP contribution in [0.25, 0.3) is 0 Å². The molecule has 0 radical (unpaired) electrons. The minimum atomic E-state index is -2.55. The van der Waals surface area contributed by atoms with Crippen molar-refractivity contribution < 1.29 is 17.9 Å². The number of nitrogens with zero attached hydrogens (tertiary/aromatic N) is 3. The van der Waals surface area contributed by atoms with Gasteiger partial charge in [0.2, 0.25) is 5.72 Å². The normalized spacial score (nSPS) is 12.9. The van der Waals surface area contributed by atoms with Gasteiger partial charge in [0.1, 0.15) is 0 Å². The van der Waals surface area contributed by atoms with Gasteiger partial charge in [0, 0.05) is 0 Å². The summed E-state index contributed by atoms with van der Waals surface area (Å²) in [6.07, 6.45) is 0. The SMILES string of the molecule is O=S(O)OB(O)c1nn[nH]n1. The van der Waals surface area contributed by atoms with Crippen LogP contribution < -0.4 is 5.72 Å². The van der Waals surface area contributed by atoms with Crippen molar-refractivity contribution in [3.8, 4) is 0 Å². The van der Waals surface area contributed by atoms with E-state index in [9.17, 15) is 4.21 Å². The molecule has 3 N–H and O–H groups in total. The van der Waals surface area contributed by atoms with Crippen molar-refractivity contribution in [2.24, 2.45) is 0 Å². The number of hydrogen-bond donors (Lipinski definition) is 3. The standard InChI is InChI=1S/CH3BN4O4S/c7-2(10-11(8)9)1-3-5-6-4-1/h7H,(H,8,9)(H,3,4,5,6). The van der Waals surface area contributed by atoms with Gasteiger partial charge >= 0.3 is 7.12 Å². The van der Waals surface area contributed by atoms with E-state index in [0.29, 0.717) is 0 Å². The van der Waals surface area contributed by atoms with Gasteiger partial charge in [0.05, 0.1) is 0 Å². The van der Waals surface area contributed by atoms with E-state index in [4.69, 9.17) is 9.58 Å². The lowest BCUT2D eigenvalue weighted by Crippen LogP contribution is -2.37. The van der Waals surface area contributed by atoms with Crippen molar-refractivity contribution in [1.29, 1.82) is 0 Å². The Morgan fingerprint density at radius 2 is 2.45 bits per heavy atom. The number of H-pyrrole nitrogens is 1. The zero-order valence-electron chi connectivity index (χ0n) is 5.04. The summed E-state index contributed by atoms with van der Waals surface area (Å²) >= 11 is -2.55. The van der Waals surface area contributed by atoms with Crippen LogP contribution in [0.4, 0.5) is 0 Å². The van der Waals surface area contributed by atoms with Gasteiger partial charge < -0.3 is 5.02 Å². The number of aromatic nitrogens is 4. The van der Waals surface area contributed by atoms with Crippen molar-refractivity contribution >= 4 is 24.2 Å². The van der Waals surface area contributed by atoms with Crippen molar-refractivity contribution in [2.45, 2.75) is 0 Å². The molecule has 60 valence electrons. The van der Waals surface area contributed by atoms with Gasteiger partial charge in [0.15, 0.2) is 0 Å². The van der Waals surface area contributed by atoms with E-state index in [0.717, 1.165) is 0 Å². The quantitative estimate of drug-likeness (QED) is 0.333. The van der Waals surface area contributed by atoms with E-state index in [2.05, 4.69) is 24.7 Å². The lowest BCUT2D eigenvalue weighted by atomic mass is 9.91. The second kappa shape index (κ2) is 3.53. The Bertz CT molecular complexity index is 238. The van der Waals surface area contributed by atoms with E-state index in [1.165, 1.54) is 0 Å². The maximum absolute atomic E-state index is 9.95. The summed E-state index contributed by atoms with van der Waals surface area (Å²) < 4.78 is 22.1.